The van der Waals surface area contributed by atoms with E-state index >= 15 is 0 Å². The number of hydrogen-bond donors (Lipinski definition) is 1. The zero-order valence-corrected chi connectivity index (χ0v) is 8.02. The van der Waals surface area contributed by atoms with Gasteiger partial charge in [0.05, 0.1) is 6.61 Å². The molecule has 0 aliphatic carbocycles. The van der Waals surface area contributed by atoms with E-state index in [1.54, 1.807) is 0 Å². The van der Waals surface area contributed by atoms with Crippen molar-refractivity contribution < 1.29 is 13.5 Å². The summed E-state index contributed by atoms with van der Waals surface area (Å²) >= 11 is 0. The van der Waals surface area contributed by atoms with Crippen LogP contribution in [0.2, 0.25) is 0 Å². The van der Waals surface area contributed by atoms with Crippen molar-refractivity contribution in [3.63, 3.8) is 0 Å². The fourth-order valence-electron chi connectivity index (χ4n) is 0.979. The molecule has 1 aromatic carbocycles. The van der Waals surface area contributed by atoms with E-state index in [9.17, 15) is 8.78 Å². The SMILES string of the molecule is CCCCOc1cc(F)c(N)c(F)c1. The summed E-state index contributed by atoms with van der Waals surface area (Å²) in [4.78, 5) is 0. The van der Waals surface area contributed by atoms with Crippen molar-refractivity contribution in [1.29, 1.82) is 0 Å². The topological polar surface area (TPSA) is 35.2 Å². The van der Waals surface area contributed by atoms with Gasteiger partial charge in [0.25, 0.3) is 0 Å². The largest absolute Gasteiger partial charge is 0.493 e. The summed E-state index contributed by atoms with van der Waals surface area (Å²) in [5, 5.41) is 0. The second-order valence-corrected chi connectivity index (χ2v) is 3.00. The molecule has 14 heavy (non-hydrogen) atoms. The van der Waals surface area contributed by atoms with Crippen LogP contribution in [0.15, 0.2) is 12.1 Å². The fourth-order valence-corrected chi connectivity index (χ4v) is 0.979. The van der Waals surface area contributed by atoms with Gasteiger partial charge in [-0.15, -0.1) is 0 Å². The summed E-state index contributed by atoms with van der Waals surface area (Å²) in [6.07, 6.45) is 1.83. The van der Waals surface area contributed by atoms with Gasteiger partial charge in [-0.2, -0.15) is 0 Å². The van der Waals surface area contributed by atoms with Crippen LogP contribution in [-0.4, -0.2) is 6.61 Å². The van der Waals surface area contributed by atoms with E-state index < -0.39 is 17.3 Å². The molecule has 0 spiro atoms. The lowest BCUT2D eigenvalue weighted by atomic mass is 10.3. The molecule has 78 valence electrons. The summed E-state index contributed by atoms with van der Waals surface area (Å²) in [6, 6.07) is 2.18. The lowest BCUT2D eigenvalue weighted by Gasteiger charge is -2.06. The third-order valence-electron chi connectivity index (χ3n) is 1.82. The van der Waals surface area contributed by atoms with E-state index in [2.05, 4.69) is 0 Å². The highest BCUT2D eigenvalue weighted by atomic mass is 19.1. The highest BCUT2D eigenvalue weighted by molar-refractivity contribution is 5.45. The van der Waals surface area contributed by atoms with Gasteiger partial charge < -0.3 is 10.5 Å². The first-order chi connectivity index (χ1) is 6.65. The van der Waals surface area contributed by atoms with Gasteiger partial charge >= 0.3 is 0 Å². The van der Waals surface area contributed by atoms with Crippen LogP contribution >= 0.6 is 0 Å². The normalized spacial score (nSPS) is 10.2. The Morgan fingerprint density at radius 2 is 1.86 bits per heavy atom. The molecule has 2 nitrogen and oxygen atoms in total. The van der Waals surface area contributed by atoms with Gasteiger partial charge in [0.15, 0.2) is 11.6 Å². The second-order valence-electron chi connectivity index (χ2n) is 3.00. The molecule has 0 aromatic heterocycles. The minimum absolute atomic E-state index is 0.183. The van der Waals surface area contributed by atoms with Gasteiger partial charge in [0.1, 0.15) is 11.4 Å². The Morgan fingerprint density at radius 1 is 1.29 bits per heavy atom. The summed E-state index contributed by atoms with van der Waals surface area (Å²) in [5.41, 5.74) is 4.64. The number of unbranched alkanes of at least 4 members (excludes halogenated alkanes) is 1. The predicted molar refractivity (Wildman–Crippen MR) is 51.2 cm³/mol. The first kappa shape index (κ1) is 10.8. The van der Waals surface area contributed by atoms with E-state index in [0.29, 0.717) is 6.61 Å². The molecule has 0 unspecified atom stereocenters. The summed E-state index contributed by atoms with van der Waals surface area (Å²) in [6.45, 7) is 2.47. The summed E-state index contributed by atoms with van der Waals surface area (Å²) in [7, 11) is 0. The molecule has 0 saturated carbocycles. The fraction of sp³-hybridized carbons (Fsp3) is 0.400. The molecule has 2 N–H and O–H groups in total. The molecule has 0 aliphatic rings. The number of halogens is 2. The number of ether oxygens (including phenoxy) is 1. The first-order valence-corrected chi connectivity index (χ1v) is 4.52. The van der Waals surface area contributed by atoms with Crippen LogP contribution in [0.1, 0.15) is 19.8 Å². The molecule has 1 rings (SSSR count). The average molecular weight is 201 g/mol. The van der Waals surface area contributed by atoms with Gasteiger partial charge in [-0.1, -0.05) is 13.3 Å². The van der Waals surface area contributed by atoms with Crippen molar-refractivity contribution in [3.8, 4) is 5.75 Å². The van der Waals surface area contributed by atoms with Crippen LogP contribution < -0.4 is 10.5 Å². The smallest absolute Gasteiger partial charge is 0.152 e. The first-order valence-electron chi connectivity index (χ1n) is 4.52. The van der Waals surface area contributed by atoms with E-state index in [1.165, 1.54) is 0 Å². The Kier molecular flexibility index (Phi) is 3.68. The number of nitrogens with two attached hydrogens (primary N) is 1. The van der Waals surface area contributed by atoms with Crippen molar-refractivity contribution in [1.82, 2.24) is 0 Å². The van der Waals surface area contributed by atoms with Crippen molar-refractivity contribution in [3.05, 3.63) is 23.8 Å². The second kappa shape index (κ2) is 4.79. The van der Waals surface area contributed by atoms with E-state index in [1.807, 2.05) is 6.92 Å². The molecule has 0 fully saturated rings. The summed E-state index contributed by atoms with van der Waals surface area (Å²) < 4.78 is 30.9. The minimum Gasteiger partial charge on any atom is -0.493 e. The lowest BCUT2D eigenvalue weighted by Crippen LogP contribution is -2.00. The van der Waals surface area contributed by atoms with Crippen molar-refractivity contribution in [2.75, 3.05) is 12.3 Å². The van der Waals surface area contributed by atoms with Gasteiger partial charge in [-0.05, 0) is 6.42 Å². The van der Waals surface area contributed by atoms with Gasteiger partial charge in [-0.25, -0.2) is 8.78 Å². The van der Waals surface area contributed by atoms with Crippen molar-refractivity contribution >= 4 is 5.69 Å². The Morgan fingerprint density at radius 3 is 2.36 bits per heavy atom. The Hall–Kier alpha value is -1.32. The zero-order chi connectivity index (χ0) is 10.6. The molecular weight excluding hydrogens is 188 g/mol. The van der Waals surface area contributed by atoms with Gasteiger partial charge in [0.2, 0.25) is 0 Å². The third kappa shape index (κ3) is 2.58. The Balaban J connectivity index is 2.69. The van der Waals surface area contributed by atoms with Gasteiger partial charge in [-0.3, -0.25) is 0 Å². The van der Waals surface area contributed by atoms with E-state index in [4.69, 9.17) is 10.5 Å². The van der Waals surface area contributed by atoms with Crippen LogP contribution in [0.4, 0.5) is 14.5 Å². The maximum Gasteiger partial charge on any atom is 0.152 e. The predicted octanol–water partition coefficient (Wildman–Crippen LogP) is 2.73. The third-order valence-corrected chi connectivity index (χ3v) is 1.82. The van der Waals surface area contributed by atoms with Crippen molar-refractivity contribution in [2.45, 2.75) is 19.8 Å². The molecule has 0 heterocycles. The number of nitrogen functional groups attached to an aromatic ring is 1. The van der Waals surface area contributed by atoms with Crippen LogP contribution in [0.25, 0.3) is 0 Å². The highest BCUT2D eigenvalue weighted by Crippen LogP contribution is 2.22. The quantitative estimate of drug-likeness (QED) is 0.600. The Bertz CT molecular complexity index is 292. The molecular formula is C10H13F2NO. The number of benzene rings is 1. The molecule has 0 bridgehead atoms. The number of anilines is 1. The zero-order valence-electron chi connectivity index (χ0n) is 8.02. The molecule has 4 heteroatoms. The maximum atomic E-state index is 12.9. The molecule has 0 atom stereocenters. The molecule has 1 aromatic rings. The molecule has 0 amide bonds. The minimum atomic E-state index is -0.781. The van der Waals surface area contributed by atoms with Crippen LogP contribution in [0.3, 0.4) is 0 Å². The number of hydrogen-bond acceptors (Lipinski definition) is 2. The van der Waals surface area contributed by atoms with Crippen LogP contribution in [0, 0.1) is 11.6 Å². The lowest BCUT2D eigenvalue weighted by molar-refractivity contribution is 0.306. The monoisotopic (exact) mass is 201 g/mol. The van der Waals surface area contributed by atoms with Crippen LogP contribution in [0.5, 0.6) is 5.75 Å². The summed E-state index contributed by atoms with van der Waals surface area (Å²) in [5.74, 6) is -1.38. The van der Waals surface area contributed by atoms with Crippen molar-refractivity contribution in [2.24, 2.45) is 0 Å². The standard InChI is InChI=1S/C10H13F2NO/c1-2-3-4-14-7-5-8(11)10(13)9(12)6-7/h5-6H,2-4,13H2,1H3. The van der Waals surface area contributed by atoms with Gasteiger partial charge in [0, 0.05) is 12.1 Å². The molecule has 0 saturated heterocycles. The van der Waals surface area contributed by atoms with E-state index in [0.717, 1.165) is 25.0 Å². The highest BCUT2D eigenvalue weighted by Gasteiger charge is 2.07. The van der Waals surface area contributed by atoms with Crippen LogP contribution in [-0.2, 0) is 0 Å². The number of rotatable bonds is 4. The Labute approximate surface area is 81.7 Å². The molecule has 0 aliphatic heterocycles. The average Bonchev–Trinajstić information content (AvgIpc) is 2.14. The maximum absolute atomic E-state index is 12.9. The molecule has 0 radical (unpaired) electrons. The van der Waals surface area contributed by atoms with E-state index in [-0.39, 0.29) is 5.75 Å².